The molecule has 0 aliphatic carbocycles. The molecule has 0 aromatic heterocycles. The molecule has 2 unspecified atom stereocenters. The lowest BCUT2D eigenvalue weighted by atomic mass is 10.1. The van der Waals surface area contributed by atoms with Crippen LogP contribution in [0.1, 0.15) is 25.5 Å². The average Bonchev–Trinajstić information content (AvgIpc) is 2.30. The van der Waals surface area contributed by atoms with Crippen molar-refractivity contribution in [3.63, 3.8) is 0 Å². The van der Waals surface area contributed by atoms with Gasteiger partial charge in [-0.05, 0) is 38.6 Å². The van der Waals surface area contributed by atoms with Crippen LogP contribution in [0.25, 0.3) is 0 Å². The highest BCUT2D eigenvalue weighted by atomic mass is 35.5. The third-order valence-corrected chi connectivity index (χ3v) is 2.83. The lowest BCUT2D eigenvalue weighted by Gasteiger charge is -2.15. The van der Waals surface area contributed by atoms with Crippen molar-refractivity contribution >= 4 is 11.6 Å². The van der Waals surface area contributed by atoms with Gasteiger partial charge in [0, 0.05) is 6.04 Å². The Balaban J connectivity index is 2.87. The molecule has 1 rings (SSSR count). The van der Waals surface area contributed by atoms with E-state index in [2.05, 4.69) is 18.8 Å². The third-order valence-electron chi connectivity index (χ3n) is 2.53. The van der Waals surface area contributed by atoms with E-state index in [4.69, 9.17) is 16.3 Å². The zero-order valence-electron chi connectivity index (χ0n) is 9.96. The number of ether oxygens (including phenoxy) is 1. The molecule has 2 nitrogen and oxygen atoms in total. The molecule has 0 heterocycles. The average molecular weight is 240 g/mol. The van der Waals surface area contributed by atoms with E-state index in [9.17, 15) is 0 Å². The molecule has 0 fully saturated rings. The molecule has 0 spiro atoms. The van der Waals surface area contributed by atoms with Gasteiger partial charge >= 0.3 is 0 Å². The zero-order valence-corrected chi connectivity index (χ0v) is 10.7. The quantitative estimate of drug-likeness (QED) is 0.794. The fourth-order valence-electron chi connectivity index (χ4n) is 1.30. The third kappa shape index (κ3) is 3.26. The van der Waals surface area contributed by atoms with Crippen LogP contribution in [-0.4, -0.2) is 13.2 Å². The Bertz CT molecular complexity index is 365. The van der Waals surface area contributed by atoms with Gasteiger partial charge in [0.1, 0.15) is 11.9 Å². The number of benzene rings is 1. The summed E-state index contributed by atoms with van der Waals surface area (Å²) in [5.41, 5.74) is 1.14. The van der Waals surface area contributed by atoms with Crippen molar-refractivity contribution in [1.29, 1.82) is 0 Å². The van der Waals surface area contributed by atoms with E-state index in [0.29, 0.717) is 10.8 Å². The predicted octanol–water partition coefficient (Wildman–Crippen LogP) is 3.57. The molecule has 3 heteroatoms. The summed E-state index contributed by atoms with van der Waals surface area (Å²) < 4.78 is 5.59. The molecule has 16 heavy (non-hydrogen) atoms. The highest BCUT2D eigenvalue weighted by molar-refractivity contribution is 6.32. The fourth-order valence-corrected chi connectivity index (χ4v) is 1.53. The van der Waals surface area contributed by atoms with Crippen molar-refractivity contribution in [3.05, 3.63) is 41.4 Å². The first-order chi connectivity index (χ1) is 7.58. The smallest absolute Gasteiger partial charge is 0.138 e. The summed E-state index contributed by atoms with van der Waals surface area (Å²) in [7, 11) is 1.92. The van der Waals surface area contributed by atoms with E-state index in [1.807, 2.05) is 32.2 Å². The molecule has 1 N–H and O–H groups in total. The summed E-state index contributed by atoms with van der Waals surface area (Å²) in [6.07, 6.45) is 1.70. The molecule has 0 aliphatic heterocycles. The van der Waals surface area contributed by atoms with Gasteiger partial charge in [-0.2, -0.15) is 0 Å². The molecule has 0 radical (unpaired) electrons. The minimum atomic E-state index is -0.0370. The highest BCUT2D eigenvalue weighted by Crippen LogP contribution is 2.28. The van der Waals surface area contributed by atoms with Crippen molar-refractivity contribution < 1.29 is 4.74 Å². The van der Waals surface area contributed by atoms with Gasteiger partial charge in [0.25, 0.3) is 0 Å². The Kier molecular flexibility index (Phi) is 4.84. The Morgan fingerprint density at radius 2 is 2.12 bits per heavy atom. The summed E-state index contributed by atoms with van der Waals surface area (Å²) in [6.45, 7) is 7.67. The Labute approximate surface area is 102 Å². The van der Waals surface area contributed by atoms with Gasteiger partial charge in [0.15, 0.2) is 0 Å². The number of nitrogens with one attached hydrogen (secondary N) is 1. The first-order valence-corrected chi connectivity index (χ1v) is 5.72. The lowest BCUT2D eigenvalue weighted by Crippen LogP contribution is -2.12. The topological polar surface area (TPSA) is 21.3 Å². The Morgan fingerprint density at radius 1 is 1.44 bits per heavy atom. The maximum atomic E-state index is 6.14. The van der Waals surface area contributed by atoms with Crippen LogP contribution in [0.2, 0.25) is 5.02 Å². The largest absolute Gasteiger partial charge is 0.485 e. The maximum absolute atomic E-state index is 6.14. The second-order valence-electron chi connectivity index (χ2n) is 3.76. The maximum Gasteiger partial charge on any atom is 0.138 e. The van der Waals surface area contributed by atoms with Crippen molar-refractivity contribution in [2.24, 2.45) is 0 Å². The predicted molar refractivity (Wildman–Crippen MR) is 69.2 cm³/mol. The summed E-state index contributed by atoms with van der Waals surface area (Å²) in [5, 5.41) is 3.80. The Hall–Kier alpha value is -0.990. The van der Waals surface area contributed by atoms with Crippen LogP contribution >= 0.6 is 11.6 Å². The number of rotatable bonds is 5. The molecule has 2 atom stereocenters. The van der Waals surface area contributed by atoms with Gasteiger partial charge in [0.05, 0.1) is 5.02 Å². The molecule has 0 amide bonds. The van der Waals surface area contributed by atoms with Crippen LogP contribution in [0.5, 0.6) is 5.75 Å². The molecular weight excluding hydrogens is 222 g/mol. The lowest BCUT2D eigenvalue weighted by molar-refractivity contribution is 0.270. The number of halogens is 1. The van der Waals surface area contributed by atoms with Crippen LogP contribution in [0.4, 0.5) is 0 Å². The van der Waals surface area contributed by atoms with Crippen molar-refractivity contribution in [2.45, 2.75) is 26.0 Å². The molecule has 1 aromatic rings. The summed E-state index contributed by atoms with van der Waals surface area (Å²) >= 11 is 6.14. The van der Waals surface area contributed by atoms with Crippen molar-refractivity contribution in [1.82, 2.24) is 5.32 Å². The summed E-state index contributed by atoms with van der Waals surface area (Å²) in [6, 6.07) is 6.11. The second-order valence-corrected chi connectivity index (χ2v) is 4.17. The molecule has 1 aromatic carbocycles. The summed E-state index contributed by atoms with van der Waals surface area (Å²) in [5.74, 6) is 0.695. The standard InChI is InChI=1S/C13H18ClNO/c1-5-9(2)16-13-7-6-11(8-12(13)14)10(3)15-4/h5-10,15H,1H2,2-4H3. The van der Waals surface area contributed by atoms with Crippen LogP contribution in [0, 0.1) is 0 Å². The van der Waals surface area contributed by atoms with Gasteiger partial charge in [-0.3, -0.25) is 0 Å². The number of hydrogen-bond donors (Lipinski definition) is 1. The molecular formula is C13H18ClNO. The molecule has 88 valence electrons. The van der Waals surface area contributed by atoms with Crippen molar-refractivity contribution in [3.8, 4) is 5.75 Å². The van der Waals surface area contributed by atoms with Crippen LogP contribution in [0.15, 0.2) is 30.9 Å². The summed E-state index contributed by atoms with van der Waals surface area (Å²) in [4.78, 5) is 0. The van der Waals surface area contributed by atoms with E-state index in [1.54, 1.807) is 6.08 Å². The van der Waals surface area contributed by atoms with E-state index in [-0.39, 0.29) is 12.1 Å². The van der Waals surface area contributed by atoms with Gasteiger partial charge < -0.3 is 10.1 Å². The second kappa shape index (κ2) is 5.92. The highest BCUT2D eigenvalue weighted by Gasteiger charge is 2.08. The van der Waals surface area contributed by atoms with Gasteiger partial charge in [0.2, 0.25) is 0 Å². The fraction of sp³-hybridized carbons (Fsp3) is 0.385. The minimum absolute atomic E-state index is 0.0370. The van der Waals surface area contributed by atoms with Crippen LogP contribution in [-0.2, 0) is 0 Å². The first kappa shape index (κ1) is 13.1. The van der Waals surface area contributed by atoms with E-state index in [1.165, 1.54) is 0 Å². The Morgan fingerprint density at radius 3 is 2.62 bits per heavy atom. The molecule has 0 saturated carbocycles. The van der Waals surface area contributed by atoms with E-state index >= 15 is 0 Å². The minimum Gasteiger partial charge on any atom is -0.485 e. The van der Waals surface area contributed by atoms with Gasteiger partial charge in [-0.1, -0.05) is 30.3 Å². The van der Waals surface area contributed by atoms with Crippen molar-refractivity contribution in [2.75, 3.05) is 7.05 Å². The normalized spacial score (nSPS) is 14.2. The van der Waals surface area contributed by atoms with Crippen LogP contribution in [0.3, 0.4) is 0 Å². The van der Waals surface area contributed by atoms with Crippen LogP contribution < -0.4 is 10.1 Å². The zero-order chi connectivity index (χ0) is 12.1. The monoisotopic (exact) mass is 239 g/mol. The molecule has 0 saturated heterocycles. The molecule has 0 bridgehead atoms. The van der Waals surface area contributed by atoms with Gasteiger partial charge in [-0.15, -0.1) is 0 Å². The molecule has 0 aliphatic rings. The van der Waals surface area contributed by atoms with E-state index in [0.717, 1.165) is 5.56 Å². The van der Waals surface area contributed by atoms with Gasteiger partial charge in [-0.25, -0.2) is 0 Å². The van der Waals surface area contributed by atoms with E-state index < -0.39 is 0 Å². The first-order valence-electron chi connectivity index (χ1n) is 5.34. The number of hydrogen-bond acceptors (Lipinski definition) is 2. The SMILES string of the molecule is C=CC(C)Oc1ccc(C(C)NC)cc1Cl.